The molecule has 1 fully saturated rings. The van der Waals surface area contributed by atoms with E-state index in [9.17, 15) is 0 Å². The summed E-state index contributed by atoms with van der Waals surface area (Å²) >= 11 is 6.13. The minimum Gasteiger partial charge on any atom is -0.496 e. The third-order valence-electron chi connectivity index (χ3n) is 4.63. The lowest BCUT2D eigenvalue weighted by Crippen LogP contribution is -2.24. The van der Waals surface area contributed by atoms with Crippen molar-refractivity contribution < 1.29 is 9.47 Å². The molecular formula is C19H23ClIN3O2. The number of anilines is 1. The Morgan fingerprint density at radius 1 is 1.19 bits per heavy atom. The molecule has 0 amide bonds. The maximum atomic E-state index is 6.13. The van der Waals surface area contributed by atoms with Gasteiger partial charge in [-0.1, -0.05) is 36.7 Å². The van der Waals surface area contributed by atoms with Crippen LogP contribution < -0.4 is 20.5 Å². The fourth-order valence-electron chi connectivity index (χ4n) is 3.03. The Morgan fingerprint density at radius 2 is 1.88 bits per heavy atom. The van der Waals surface area contributed by atoms with E-state index in [0.717, 1.165) is 23.4 Å². The molecule has 1 aliphatic carbocycles. The molecule has 140 valence electrons. The number of halogens is 2. The first-order valence-corrected chi connectivity index (χ1v) is 8.43. The van der Waals surface area contributed by atoms with Crippen molar-refractivity contribution in [2.45, 2.75) is 24.8 Å². The van der Waals surface area contributed by atoms with Gasteiger partial charge in [0.15, 0.2) is 5.96 Å². The molecule has 2 aromatic carbocycles. The van der Waals surface area contributed by atoms with E-state index in [2.05, 4.69) is 23.3 Å². The predicted octanol–water partition coefficient (Wildman–Crippen LogP) is 4.43. The number of hydrogen-bond acceptors (Lipinski definition) is 3. The highest BCUT2D eigenvalue weighted by Gasteiger charge is 2.53. The molecule has 5 nitrogen and oxygen atoms in total. The third kappa shape index (κ3) is 4.17. The summed E-state index contributed by atoms with van der Waals surface area (Å²) in [6.07, 6.45) is 0.930. The lowest BCUT2D eigenvalue weighted by atomic mass is 9.96. The van der Waals surface area contributed by atoms with E-state index in [4.69, 9.17) is 26.8 Å². The van der Waals surface area contributed by atoms with Crippen molar-refractivity contribution in [3.63, 3.8) is 0 Å². The van der Waals surface area contributed by atoms with Crippen LogP contribution in [0.3, 0.4) is 0 Å². The highest BCUT2D eigenvalue weighted by molar-refractivity contribution is 14.0. The summed E-state index contributed by atoms with van der Waals surface area (Å²) in [5, 5.41) is 3.60. The topological polar surface area (TPSA) is 68.9 Å². The number of nitrogens with zero attached hydrogens (tertiary/aromatic N) is 1. The lowest BCUT2D eigenvalue weighted by molar-refractivity contribution is 0.405. The van der Waals surface area contributed by atoms with Gasteiger partial charge >= 0.3 is 0 Å². The second-order valence-electron chi connectivity index (χ2n) is 6.33. The lowest BCUT2D eigenvalue weighted by Gasteiger charge is -2.15. The normalized spacial score (nSPS) is 21.5. The summed E-state index contributed by atoms with van der Waals surface area (Å²) < 4.78 is 10.6. The van der Waals surface area contributed by atoms with Crippen molar-refractivity contribution in [3.8, 4) is 11.5 Å². The van der Waals surface area contributed by atoms with E-state index in [1.54, 1.807) is 26.4 Å². The number of nitrogens with two attached hydrogens (primary N) is 1. The quantitative estimate of drug-likeness (QED) is 0.372. The number of para-hydroxylation sites is 1. The van der Waals surface area contributed by atoms with Crippen LogP contribution in [0.15, 0.2) is 47.5 Å². The highest BCUT2D eigenvalue weighted by atomic mass is 127. The van der Waals surface area contributed by atoms with Gasteiger partial charge in [-0.05, 0) is 30.7 Å². The second-order valence-corrected chi connectivity index (χ2v) is 6.73. The minimum atomic E-state index is -0.0591. The smallest absolute Gasteiger partial charge is 0.193 e. The van der Waals surface area contributed by atoms with Crippen molar-refractivity contribution in [2.75, 3.05) is 19.5 Å². The van der Waals surface area contributed by atoms with E-state index in [-0.39, 0.29) is 35.4 Å². The Kier molecular flexibility index (Phi) is 6.63. The summed E-state index contributed by atoms with van der Waals surface area (Å²) in [6, 6.07) is 13.5. The van der Waals surface area contributed by atoms with Crippen LogP contribution in [0.4, 0.5) is 5.69 Å². The maximum absolute atomic E-state index is 6.13. The van der Waals surface area contributed by atoms with Crippen LogP contribution in [0, 0.1) is 0 Å². The van der Waals surface area contributed by atoms with E-state index in [1.165, 1.54) is 0 Å². The zero-order valence-corrected chi connectivity index (χ0v) is 18.0. The Hall–Kier alpha value is -1.67. The van der Waals surface area contributed by atoms with Gasteiger partial charge in [-0.25, -0.2) is 4.99 Å². The minimum absolute atomic E-state index is 0. The predicted molar refractivity (Wildman–Crippen MR) is 117 cm³/mol. The maximum Gasteiger partial charge on any atom is 0.193 e. The number of nitrogens with one attached hydrogen (secondary N) is 1. The average Bonchev–Trinajstić information content (AvgIpc) is 3.25. The molecule has 2 atom stereocenters. The van der Waals surface area contributed by atoms with E-state index in [0.29, 0.717) is 16.7 Å². The van der Waals surface area contributed by atoms with Crippen LogP contribution in [0.1, 0.15) is 18.9 Å². The number of methoxy groups -OCH3 is 2. The van der Waals surface area contributed by atoms with Gasteiger partial charge in [-0.3, -0.25) is 0 Å². The molecule has 0 bridgehead atoms. The molecule has 2 unspecified atom stereocenters. The van der Waals surface area contributed by atoms with Crippen molar-refractivity contribution in [2.24, 2.45) is 10.7 Å². The van der Waals surface area contributed by atoms with Gasteiger partial charge < -0.3 is 20.5 Å². The number of hydrogen-bond donors (Lipinski definition) is 2. The van der Waals surface area contributed by atoms with Gasteiger partial charge in [0.05, 0.1) is 25.3 Å². The van der Waals surface area contributed by atoms with Gasteiger partial charge in [-0.2, -0.15) is 0 Å². The first kappa shape index (κ1) is 20.6. The first-order chi connectivity index (χ1) is 12.0. The zero-order chi connectivity index (χ0) is 18.0. The van der Waals surface area contributed by atoms with Crippen molar-refractivity contribution in [1.82, 2.24) is 0 Å². The first-order valence-electron chi connectivity index (χ1n) is 8.05. The van der Waals surface area contributed by atoms with Crippen molar-refractivity contribution in [1.29, 1.82) is 0 Å². The summed E-state index contributed by atoms with van der Waals surface area (Å²) in [5.41, 5.74) is 7.94. The molecule has 2 aromatic rings. The number of guanidine groups is 1. The van der Waals surface area contributed by atoms with Crippen LogP contribution >= 0.6 is 35.6 Å². The van der Waals surface area contributed by atoms with Gasteiger partial charge in [0.2, 0.25) is 0 Å². The zero-order valence-electron chi connectivity index (χ0n) is 15.0. The summed E-state index contributed by atoms with van der Waals surface area (Å²) in [4.78, 5) is 4.61. The largest absolute Gasteiger partial charge is 0.496 e. The molecule has 0 aromatic heterocycles. The van der Waals surface area contributed by atoms with Crippen LogP contribution in [-0.4, -0.2) is 26.2 Å². The standard InChI is InChI=1S/C19H22ClN3O2.HI/c1-19(13-6-4-5-7-15(13)24-2)11-17(19)23-18(21)22-12-8-9-16(25-3)14(20)10-12;/h4-10,17H,11H2,1-3H3,(H3,21,22,23);1H. The molecule has 7 heteroatoms. The van der Waals surface area contributed by atoms with Crippen LogP contribution in [-0.2, 0) is 5.41 Å². The Labute approximate surface area is 175 Å². The summed E-state index contributed by atoms with van der Waals surface area (Å²) in [5.74, 6) is 1.87. The Morgan fingerprint density at radius 3 is 2.54 bits per heavy atom. The number of ether oxygens (including phenoxy) is 2. The van der Waals surface area contributed by atoms with E-state index < -0.39 is 0 Å². The molecule has 0 heterocycles. The summed E-state index contributed by atoms with van der Waals surface area (Å²) in [7, 11) is 3.27. The molecule has 0 saturated heterocycles. The third-order valence-corrected chi connectivity index (χ3v) is 4.93. The van der Waals surface area contributed by atoms with Gasteiger partial charge in [0.25, 0.3) is 0 Å². The van der Waals surface area contributed by atoms with Crippen LogP contribution in [0.25, 0.3) is 0 Å². The average molecular weight is 488 g/mol. The molecule has 0 radical (unpaired) electrons. The van der Waals surface area contributed by atoms with Crippen LogP contribution in [0.2, 0.25) is 5.02 Å². The second kappa shape index (κ2) is 8.35. The Bertz CT molecular complexity index is 815. The fraction of sp³-hybridized carbons (Fsp3) is 0.316. The number of benzene rings is 2. The number of aliphatic imine (C=N–C) groups is 1. The fourth-order valence-corrected chi connectivity index (χ4v) is 3.29. The summed E-state index contributed by atoms with van der Waals surface area (Å²) in [6.45, 7) is 2.18. The monoisotopic (exact) mass is 487 g/mol. The van der Waals surface area contributed by atoms with Crippen molar-refractivity contribution >= 4 is 47.2 Å². The van der Waals surface area contributed by atoms with Crippen LogP contribution in [0.5, 0.6) is 11.5 Å². The van der Waals surface area contributed by atoms with Gasteiger partial charge in [-0.15, -0.1) is 24.0 Å². The molecule has 1 saturated carbocycles. The molecule has 1 aliphatic rings. The molecular weight excluding hydrogens is 465 g/mol. The van der Waals surface area contributed by atoms with E-state index >= 15 is 0 Å². The molecule has 3 rings (SSSR count). The Balaban J connectivity index is 0.00000243. The SMILES string of the molecule is COc1ccc(NC(N)=NC2CC2(C)c2ccccc2OC)cc1Cl.I. The number of rotatable bonds is 5. The van der Waals surface area contributed by atoms with Gasteiger partial charge in [0, 0.05) is 16.7 Å². The van der Waals surface area contributed by atoms with Crippen molar-refractivity contribution in [3.05, 3.63) is 53.1 Å². The van der Waals surface area contributed by atoms with E-state index in [1.807, 2.05) is 24.3 Å². The molecule has 0 aliphatic heterocycles. The molecule has 26 heavy (non-hydrogen) atoms. The van der Waals surface area contributed by atoms with Gasteiger partial charge in [0.1, 0.15) is 11.5 Å². The highest BCUT2D eigenvalue weighted by Crippen LogP contribution is 2.53. The molecule has 3 N–H and O–H groups in total. The molecule has 0 spiro atoms.